The number of para-hydroxylation sites is 1. The van der Waals surface area contributed by atoms with Crippen molar-refractivity contribution in [3.05, 3.63) is 104 Å². The fraction of sp³-hybridized carbons (Fsp3) is 0.154. The van der Waals surface area contributed by atoms with Crippen LogP contribution in [-0.2, 0) is 17.9 Å². The minimum absolute atomic E-state index is 0.155. The molecule has 0 N–H and O–H groups in total. The summed E-state index contributed by atoms with van der Waals surface area (Å²) in [6.45, 7) is 2.22. The molecule has 0 aliphatic carbocycles. The number of halogens is 1. The molecule has 3 aromatic rings. The lowest BCUT2D eigenvalue weighted by Crippen LogP contribution is -2.27. The molecule has 0 unspecified atom stereocenters. The Morgan fingerprint density at radius 3 is 2.50 bits per heavy atom. The molecule has 1 saturated heterocycles. The van der Waals surface area contributed by atoms with Gasteiger partial charge in [0.05, 0.1) is 23.0 Å². The van der Waals surface area contributed by atoms with Crippen molar-refractivity contribution in [1.82, 2.24) is 4.90 Å². The number of nitro benzene ring substituents is 1. The van der Waals surface area contributed by atoms with Gasteiger partial charge in [-0.3, -0.25) is 24.6 Å². The zero-order valence-corrected chi connectivity index (χ0v) is 20.0. The maximum absolute atomic E-state index is 13.1. The SMILES string of the molecule is CCOc1cc(/C=C2\SC(=O)N(Cc3ccccc3[N+](=O)[O-])C2=O)ccc1OCc1ccc(F)cc1. The van der Waals surface area contributed by atoms with Gasteiger partial charge < -0.3 is 9.47 Å². The molecule has 2 amide bonds. The van der Waals surface area contributed by atoms with Crippen molar-refractivity contribution < 1.29 is 28.4 Å². The maximum Gasteiger partial charge on any atom is 0.293 e. The highest BCUT2D eigenvalue weighted by Gasteiger charge is 2.36. The van der Waals surface area contributed by atoms with Gasteiger partial charge in [0.1, 0.15) is 12.4 Å². The second kappa shape index (κ2) is 11.0. The Morgan fingerprint density at radius 1 is 1.03 bits per heavy atom. The third-order valence-electron chi connectivity index (χ3n) is 5.26. The molecule has 8 nitrogen and oxygen atoms in total. The van der Waals surface area contributed by atoms with Crippen LogP contribution in [0, 0.1) is 15.9 Å². The van der Waals surface area contributed by atoms with E-state index in [0.29, 0.717) is 23.7 Å². The predicted octanol–water partition coefficient (Wildman–Crippen LogP) is 5.95. The standard InChI is InChI=1S/C26H21FN2O6S/c1-2-34-23-13-18(9-12-22(23)35-16-17-7-10-20(27)11-8-17)14-24-25(30)28(26(31)36-24)15-19-5-3-4-6-21(19)29(32)33/h3-14H,2,15-16H2,1H3/b24-14-. The average Bonchev–Trinajstić information content (AvgIpc) is 3.12. The Hall–Kier alpha value is -4.18. The number of thioether (sulfide) groups is 1. The zero-order chi connectivity index (χ0) is 25.7. The second-order valence-electron chi connectivity index (χ2n) is 7.71. The first-order valence-electron chi connectivity index (χ1n) is 11.0. The van der Waals surface area contributed by atoms with Gasteiger partial charge in [0, 0.05) is 11.6 Å². The summed E-state index contributed by atoms with van der Waals surface area (Å²) in [6.07, 6.45) is 1.57. The number of hydrogen-bond acceptors (Lipinski definition) is 7. The fourth-order valence-electron chi connectivity index (χ4n) is 3.52. The molecule has 36 heavy (non-hydrogen) atoms. The van der Waals surface area contributed by atoms with Gasteiger partial charge in [-0.2, -0.15) is 0 Å². The van der Waals surface area contributed by atoms with Crippen molar-refractivity contribution in [2.45, 2.75) is 20.1 Å². The van der Waals surface area contributed by atoms with E-state index < -0.39 is 16.1 Å². The molecule has 184 valence electrons. The number of nitrogens with zero attached hydrogens (tertiary/aromatic N) is 2. The van der Waals surface area contributed by atoms with E-state index in [1.807, 2.05) is 6.92 Å². The van der Waals surface area contributed by atoms with E-state index in [0.717, 1.165) is 22.2 Å². The number of carbonyl (C=O) groups excluding carboxylic acids is 2. The van der Waals surface area contributed by atoms with E-state index in [-0.39, 0.29) is 35.1 Å². The Labute approximate surface area is 210 Å². The predicted molar refractivity (Wildman–Crippen MR) is 133 cm³/mol. The normalized spacial score (nSPS) is 14.4. The minimum atomic E-state index is -0.542. The largest absolute Gasteiger partial charge is 0.490 e. The highest BCUT2D eigenvalue weighted by molar-refractivity contribution is 8.18. The lowest BCUT2D eigenvalue weighted by atomic mass is 10.1. The molecule has 1 fully saturated rings. The number of benzene rings is 3. The third-order valence-corrected chi connectivity index (χ3v) is 6.17. The summed E-state index contributed by atoms with van der Waals surface area (Å²) in [4.78, 5) is 37.4. The number of nitro groups is 1. The van der Waals surface area contributed by atoms with Crippen LogP contribution in [-0.4, -0.2) is 27.6 Å². The lowest BCUT2D eigenvalue weighted by Gasteiger charge is -2.13. The van der Waals surface area contributed by atoms with Crippen LogP contribution in [0.1, 0.15) is 23.6 Å². The van der Waals surface area contributed by atoms with Crippen LogP contribution in [0.2, 0.25) is 0 Å². The summed E-state index contributed by atoms with van der Waals surface area (Å²) in [7, 11) is 0. The fourth-order valence-corrected chi connectivity index (χ4v) is 4.36. The van der Waals surface area contributed by atoms with Crippen molar-refractivity contribution in [2.24, 2.45) is 0 Å². The zero-order valence-electron chi connectivity index (χ0n) is 19.2. The monoisotopic (exact) mass is 508 g/mol. The Bertz CT molecular complexity index is 1340. The Balaban J connectivity index is 1.52. The first kappa shape index (κ1) is 24.9. The number of imide groups is 1. The molecular weight excluding hydrogens is 487 g/mol. The first-order chi connectivity index (χ1) is 17.4. The van der Waals surface area contributed by atoms with Gasteiger partial charge in [-0.05, 0) is 60.2 Å². The Morgan fingerprint density at radius 2 is 1.78 bits per heavy atom. The summed E-state index contributed by atoms with van der Waals surface area (Å²) >= 11 is 0.768. The van der Waals surface area contributed by atoms with Crippen LogP contribution < -0.4 is 9.47 Å². The van der Waals surface area contributed by atoms with Crippen LogP contribution >= 0.6 is 11.8 Å². The second-order valence-corrected chi connectivity index (χ2v) is 8.70. The molecule has 4 rings (SSSR count). The molecule has 3 aromatic carbocycles. The van der Waals surface area contributed by atoms with Gasteiger partial charge >= 0.3 is 0 Å². The first-order valence-corrected chi connectivity index (χ1v) is 11.8. The van der Waals surface area contributed by atoms with E-state index in [4.69, 9.17) is 9.47 Å². The molecule has 0 atom stereocenters. The Kier molecular flexibility index (Phi) is 7.65. The smallest absolute Gasteiger partial charge is 0.293 e. The highest BCUT2D eigenvalue weighted by Crippen LogP contribution is 2.36. The van der Waals surface area contributed by atoms with E-state index in [1.54, 1.807) is 42.5 Å². The van der Waals surface area contributed by atoms with Crippen molar-refractivity contribution in [3.8, 4) is 11.5 Å². The maximum atomic E-state index is 13.1. The number of hydrogen-bond donors (Lipinski definition) is 0. The molecular formula is C26H21FN2O6S. The molecule has 0 bridgehead atoms. The van der Waals surface area contributed by atoms with Gasteiger partial charge in [0.2, 0.25) is 0 Å². The summed E-state index contributed by atoms with van der Waals surface area (Å²) in [6, 6.07) is 17.1. The topological polar surface area (TPSA) is 99.0 Å². The molecule has 0 saturated carbocycles. The summed E-state index contributed by atoms with van der Waals surface area (Å²) in [5.74, 6) is 0.0672. The van der Waals surface area contributed by atoms with Crippen LogP contribution in [0.5, 0.6) is 11.5 Å². The molecule has 1 heterocycles. The highest BCUT2D eigenvalue weighted by atomic mass is 32.2. The number of amides is 2. The van der Waals surface area contributed by atoms with Crippen LogP contribution in [0.4, 0.5) is 14.9 Å². The van der Waals surface area contributed by atoms with Crippen LogP contribution in [0.3, 0.4) is 0 Å². The molecule has 0 radical (unpaired) electrons. The number of rotatable bonds is 9. The van der Waals surface area contributed by atoms with Crippen molar-refractivity contribution in [3.63, 3.8) is 0 Å². The summed E-state index contributed by atoms with van der Waals surface area (Å²) in [5, 5.41) is 10.8. The molecule has 0 spiro atoms. The number of carbonyl (C=O) groups is 2. The summed E-state index contributed by atoms with van der Waals surface area (Å²) < 4.78 is 24.6. The van der Waals surface area contributed by atoms with E-state index in [1.165, 1.54) is 30.3 Å². The van der Waals surface area contributed by atoms with Gasteiger partial charge in [-0.25, -0.2) is 4.39 Å². The third kappa shape index (κ3) is 5.72. The van der Waals surface area contributed by atoms with Crippen LogP contribution in [0.25, 0.3) is 6.08 Å². The van der Waals surface area contributed by atoms with Gasteiger partial charge in [-0.15, -0.1) is 0 Å². The van der Waals surface area contributed by atoms with Gasteiger partial charge in [0.15, 0.2) is 11.5 Å². The van der Waals surface area contributed by atoms with Gasteiger partial charge in [-0.1, -0.05) is 36.4 Å². The minimum Gasteiger partial charge on any atom is -0.490 e. The molecule has 0 aromatic heterocycles. The average molecular weight is 509 g/mol. The molecule has 1 aliphatic heterocycles. The molecule has 1 aliphatic rings. The van der Waals surface area contributed by atoms with Crippen LogP contribution in [0.15, 0.2) is 71.6 Å². The van der Waals surface area contributed by atoms with Crippen molar-refractivity contribution in [1.29, 1.82) is 0 Å². The van der Waals surface area contributed by atoms with E-state index >= 15 is 0 Å². The quantitative estimate of drug-likeness (QED) is 0.200. The molecule has 10 heteroatoms. The van der Waals surface area contributed by atoms with Crippen molar-refractivity contribution in [2.75, 3.05) is 6.61 Å². The van der Waals surface area contributed by atoms with E-state index in [9.17, 15) is 24.1 Å². The number of ether oxygens (including phenoxy) is 2. The van der Waals surface area contributed by atoms with Gasteiger partial charge in [0.25, 0.3) is 16.8 Å². The van der Waals surface area contributed by atoms with Crippen molar-refractivity contribution >= 4 is 34.7 Å². The summed E-state index contributed by atoms with van der Waals surface area (Å²) in [5.41, 5.74) is 1.52. The lowest BCUT2D eigenvalue weighted by molar-refractivity contribution is -0.385. The van der Waals surface area contributed by atoms with E-state index in [2.05, 4.69) is 0 Å².